The normalized spacial score (nSPS) is 17.6. The van der Waals surface area contributed by atoms with Crippen LogP contribution in [0.5, 0.6) is 0 Å². The Balaban J connectivity index is 1.93. The molecule has 1 fully saturated rings. The van der Waals surface area contributed by atoms with Crippen LogP contribution in [0.2, 0.25) is 0 Å². The van der Waals surface area contributed by atoms with Gasteiger partial charge < -0.3 is 4.90 Å². The first-order chi connectivity index (χ1) is 9.65. The van der Waals surface area contributed by atoms with Gasteiger partial charge in [0.2, 0.25) is 0 Å². The van der Waals surface area contributed by atoms with E-state index < -0.39 is 0 Å². The molecule has 0 unspecified atom stereocenters. The lowest BCUT2D eigenvalue weighted by Crippen LogP contribution is -2.43. The second-order valence-corrected chi connectivity index (χ2v) is 6.25. The van der Waals surface area contributed by atoms with Crippen LogP contribution in [0, 0.1) is 0 Å². The van der Waals surface area contributed by atoms with Gasteiger partial charge in [-0.1, -0.05) is 6.92 Å². The highest BCUT2D eigenvalue weighted by atomic mass is 32.1. The second kappa shape index (κ2) is 7.17. The van der Waals surface area contributed by atoms with Crippen molar-refractivity contribution < 1.29 is 4.79 Å². The molecule has 0 atom stereocenters. The number of nitrogens with one attached hydrogen (secondary N) is 1. The topological polar surface area (TPSA) is 61.6 Å². The molecule has 1 saturated heterocycles. The van der Waals surface area contributed by atoms with Crippen LogP contribution in [0.3, 0.4) is 0 Å². The third-order valence-electron chi connectivity index (χ3n) is 4.13. The number of nitrogens with two attached hydrogens (primary N) is 1. The molecule has 2 heterocycles. The molecule has 1 amide bonds. The zero-order valence-electron chi connectivity index (χ0n) is 12.3. The standard InChI is InChI=1S/C14H24N4OS/c1-3-18-7-4-12(5-8-18)17(2)10-11-6-9-20-13(11)14(19)16-15/h6,9,12H,3-5,7-8,10,15H2,1-2H3,(H,16,19). The average Bonchev–Trinajstić information content (AvgIpc) is 2.94. The fourth-order valence-electron chi connectivity index (χ4n) is 2.80. The summed E-state index contributed by atoms with van der Waals surface area (Å²) < 4.78 is 0. The van der Waals surface area contributed by atoms with Crippen molar-refractivity contribution in [3.63, 3.8) is 0 Å². The van der Waals surface area contributed by atoms with Crippen molar-refractivity contribution in [2.75, 3.05) is 26.7 Å². The minimum Gasteiger partial charge on any atom is -0.303 e. The number of likely N-dealkylation sites (tertiary alicyclic amines) is 1. The smallest absolute Gasteiger partial charge is 0.275 e. The van der Waals surface area contributed by atoms with Crippen LogP contribution in [0.25, 0.3) is 0 Å². The second-order valence-electron chi connectivity index (χ2n) is 5.33. The van der Waals surface area contributed by atoms with Crippen molar-refractivity contribution in [3.8, 4) is 0 Å². The summed E-state index contributed by atoms with van der Waals surface area (Å²) in [6.45, 7) is 6.51. The van der Waals surface area contributed by atoms with E-state index >= 15 is 0 Å². The van der Waals surface area contributed by atoms with E-state index in [1.807, 2.05) is 11.4 Å². The maximum atomic E-state index is 11.7. The quantitative estimate of drug-likeness (QED) is 0.488. The number of carbonyl (C=O) groups is 1. The summed E-state index contributed by atoms with van der Waals surface area (Å²) in [5, 5.41) is 1.95. The van der Waals surface area contributed by atoms with Crippen molar-refractivity contribution in [1.29, 1.82) is 0 Å². The van der Waals surface area contributed by atoms with Crippen molar-refractivity contribution in [2.24, 2.45) is 5.84 Å². The third-order valence-corrected chi connectivity index (χ3v) is 5.09. The molecule has 20 heavy (non-hydrogen) atoms. The Labute approximate surface area is 124 Å². The molecule has 1 aliphatic heterocycles. The van der Waals surface area contributed by atoms with E-state index in [1.54, 1.807) is 0 Å². The van der Waals surface area contributed by atoms with Crippen LogP contribution in [0.1, 0.15) is 35.0 Å². The predicted octanol–water partition coefficient (Wildman–Crippen LogP) is 1.27. The number of hydrogen-bond donors (Lipinski definition) is 2. The summed E-state index contributed by atoms with van der Waals surface area (Å²) in [4.78, 5) is 17.3. The van der Waals surface area contributed by atoms with Crippen molar-refractivity contribution >= 4 is 17.2 Å². The minimum absolute atomic E-state index is 0.191. The van der Waals surface area contributed by atoms with Gasteiger partial charge in [-0.05, 0) is 56.5 Å². The highest BCUT2D eigenvalue weighted by Gasteiger charge is 2.23. The van der Waals surface area contributed by atoms with Gasteiger partial charge in [-0.25, -0.2) is 5.84 Å². The molecule has 1 aromatic rings. The molecule has 1 aromatic heterocycles. The van der Waals surface area contributed by atoms with Gasteiger partial charge in [-0.15, -0.1) is 11.3 Å². The highest BCUT2D eigenvalue weighted by Crippen LogP contribution is 2.22. The molecular formula is C14H24N4OS. The van der Waals surface area contributed by atoms with E-state index in [2.05, 4.69) is 29.2 Å². The number of hydrazine groups is 1. The van der Waals surface area contributed by atoms with Crippen LogP contribution in [0.15, 0.2) is 11.4 Å². The molecule has 5 nitrogen and oxygen atoms in total. The third kappa shape index (κ3) is 3.58. The Hall–Kier alpha value is -0.950. The average molecular weight is 296 g/mol. The van der Waals surface area contributed by atoms with Gasteiger partial charge in [0.15, 0.2) is 0 Å². The molecular weight excluding hydrogens is 272 g/mol. The van der Waals surface area contributed by atoms with Gasteiger partial charge in [0, 0.05) is 12.6 Å². The van der Waals surface area contributed by atoms with Gasteiger partial charge in [0.25, 0.3) is 5.91 Å². The van der Waals surface area contributed by atoms with Crippen molar-refractivity contribution in [1.82, 2.24) is 15.2 Å². The van der Waals surface area contributed by atoms with Crippen LogP contribution >= 0.6 is 11.3 Å². The maximum Gasteiger partial charge on any atom is 0.275 e. The van der Waals surface area contributed by atoms with E-state index in [0.29, 0.717) is 6.04 Å². The van der Waals surface area contributed by atoms with Gasteiger partial charge in [-0.3, -0.25) is 15.1 Å². The number of amides is 1. The molecule has 0 radical (unpaired) electrons. The fourth-order valence-corrected chi connectivity index (χ4v) is 3.62. The van der Waals surface area contributed by atoms with Gasteiger partial charge in [-0.2, -0.15) is 0 Å². The lowest BCUT2D eigenvalue weighted by Gasteiger charge is -2.36. The number of nitrogens with zero attached hydrogens (tertiary/aromatic N) is 2. The Morgan fingerprint density at radius 2 is 2.25 bits per heavy atom. The lowest BCUT2D eigenvalue weighted by molar-refractivity contribution is 0.0953. The summed E-state index contributed by atoms with van der Waals surface area (Å²) >= 11 is 1.45. The maximum absolute atomic E-state index is 11.7. The summed E-state index contributed by atoms with van der Waals surface area (Å²) in [5.41, 5.74) is 3.29. The van der Waals surface area contributed by atoms with Crippen LogP contribution in [-0.4, -0.2) is 48.4 Å². The van der Waals surface area contributed by atoms with E-state index in [1.165, 1.54) is 37.3 Å². The highest BCUT2D eigenvalue weighted by molar-refractivity contribution is 7.12. The minimum atomic E-state index is -0.191. The Bertz CT molecular complexity index is 440. The summed E-state index contributed by atoms with van der Waals surface area (Å²) in [7, 11) is 2.15. The molecule has 3 N–H and O–H groups in total. The SMILES string of the molecule is CCN1CCC(N(C)Cc2ccsc2C(=O)NN)CC1. The number of carbonyl (C=O) groups excluding carboxylic acids is 1. The van der Waals surface area contributed by atoms with Crippen molar-refractivity contribution in [3.05, 3.63) is 21.9 Å². The van der Waals surface area contributed by atoms with E-state index in [4.69, 9.17) is 5.84 Å². The van der Waals surface area contributed by atoms with Crippen LogP contribution in [0.4, 0.5) is 0 Å². The Morgan fingerprint density at radius 3 is 2.85 bits per heavy atom. The first kappa shape index (κ1) is 15.4. The number of rotatable bonds is 5. The largest absolute Gasteiger partial charge is 0.303 e. The first-order valence-electron chi connectivity index (χ1n) is 7.15. The molecule has 0 bridgehead atoms. The molecule has 0 spiro atoms. The van der Waals surface area contributed by atoms with E-state index in [-0.39, 0.29) is 5.91 Å². The summed E-state index contributed by atoms with van der Waals surface area (Å²) in [6.07, 6.45) is 2.40. The molecule has 6 heteroatoms. The molecule has 1 aliphatic rings. The van der Waals surface area contributed by atoms with Gasteiger partial charge in [0.05, 0.1) is 4.88 Å². The predicted molar refractivity (Wildman–Crippen MR) is 82.6 cm³/mol. The number of hydrogen-bond acceptors (Lipinski definition) is 5. The van der Waals surface area contributed by atoms with E-state index in [9.17, 15) is 4.79 Å². The van der Waals surface area contributed by atoms with Gasteiger partial charge >= 0.3 is 0 Å². The Morgan fingerprint density at radius 1 is 1.55 bits per heavy atom. The molecule has 0 saturated carbocycles. The number of thiophene rings is 1. The van der Waals surface area contributed by atoms with Crippen molar-refractivity contribution in [2.45, 2.75) is 32.4 Å². The lowest BCUT2D eigenvalue weighted by atomic mass is 10.0. The Kier molecular flexibility index (Phi) is 5.54. The molecule has 0 aliphatic carbocycles. The first-order valence-corrected chi connectivity index (χ1v) is 8.03. The van der Waals surface area contributed by atoms with Crippen LogP contribution in [-0.2, 0) is 6.54 Å². The number of nitrogen functional groups attached to an aromatic ring is 1. The molecule has 2 rings (SSSR count). The fraction of sp³-hybridized carbons (Fsp3) is 0.643. The van der Waals surface area contributed by atoms with Crippen LogP contribution < -0.4 is 11.3 Å². The summed E-state index contributed by atoms with van der Waals surface area (Å²) in [5.74, 6) is 5.03. The molecule has 112 valence electrons. The monoisotopic (exact) mass is 296 g/mol. The van der Waals surface area contributed by atoms with E-state index in [0.717, 1.165) is 23.5 Å². The number of piperidine rings is 1. The zero-order valence-corrected chi connectivity index (χ0v) is 13.1. The summed E-state index contributed by atoms with van der Waals surface area (Å²) in [6, 6.07) is 2.62. The van der Waals surface area contributed by atoms with Gasteiger partial charge in [0.1, 0.15) is 0 Å². The zero-order chi connectivity index (χ0) is 14.5. The molecule has 0 aromatic carbocycles.